The van der Waals surface area contributed by atoms with Crippen LogP contribution >= 0.6 is 0 Å². The van der Waals surface area contributed by atoms with Gasteiger partial charge in [0.05, 0.1) is 5.75 Å². The molecule has 0 amide bonds. The molecule has 0 aliphatic carbocycles. The highest BCUT2D eigenvalue weighted by Crippen LogP contribution is 2.22. The lowest BCUT2D eigenvalue weighted by molar-refractivity contribution is 0.576. The third-order valence-electron chi connectivity index (χ3n) is 2.23. The summed E-state index contributed by atoms with van der Waals surface area (Å²) in [5, 5.41) is 2.55. The molecule has 3 nitrogen and oxygen atoms in total. The van der Waals surface area contributed by atoms with Crippen molar-refractivity contribution in [2.24, 2.45) is 0 Å². The summed E-state index contributed by atoms with van der Waals surface area (Å²) in [7, 11) is -3.19. The highest BCUT2D eigenvalue weighted by atomic mass is 32.2. The smallest absolute Gasteiger partial charge is 0.152 e. The molecule has 0 saturated heterocycles. The highest BCUT2D eigenvalue weighted by molar-refractivity contribution is 7.90. The van der Waals surface area contributed by atoms with Gasteiger partial charge in [0.1, 0.15) is 21.3 Å². The van der Waals surface area contributed by atoms with Crippen molar-refractivity contribution in [1.29, 1.82) is 0 Å². The maximum absolute atomic E-state index is 13.6. The van der Waals surface area contributed by atoms with Crippen LogP contribution in [0.2, 0.25) is 0 Å². The summed E-state index contributed by atoms with van der Waals surface area (Å²) in [4.78, 5) is 0. The lowest BCUT2D eigenvalue weighted by Crippen LogP contribution is -2.26. The summed E-state index contributed by atoms with van der Waals surface area (Å²) in [5.41, 5.74) is 0.0293. The van der Waals surface area contributed by atoms with Gasteiger partial charge in [-0.15, -0.1) is 0 Å². The molecule has 0 fully saturated rings. The average Bonchev–Trinajstić information content (AvgIpc) is 2.16. The van der Waals surface area contributed by atoms with Crippen LogP contribution in [0.5, 0.6) is 0 Å². The van der Waals surface area contributed by atoms with E-state index < -0.39 is 27.5 Å². The summed E-state index contributed by atoms with van der Waals surface area (Å²) in [6.45, 7) is 3.07. The van der Waals surface area contributed by atoms with Crippen molar-refractivity contribution < 1.29 is 17.2 Å². The van der Waals surface area contributed by atoms with Crippen LogP contribution in [-0.4, -0.2) is 26.5 Å². The molecule has 96 valence electrons. The average molecular weight is 263 g/mol. The van der Waals surface area contributed by atoms with Gasteiger partial charge >= 0.3 is 0 Å². The monoisotopic (exact) mass is 263 g/mol. The Balaban J connectivity index is 2.92. The number of rotatable bonds is 4. The maximum atomic E-state index is 13.6. The molecule has 0 aliphatic heterocycles. The van der Waals surface area contributed by atoms with E-state index in [-0.39, 0.29) is 11.4 Å². The lowest BCUT2D eigenvalue weighted by atomic mass is 10.2. The van der Waals surface area contributed by atoms with Crippen molar-refractivity contribution in [2.75, 3.05) is 17.3 Å². The third kappa shape index (κ3) is 3.96. The van der Waals surface area contributed by atoms with Crippen LogP contribution in [0.4, 0.5) is 14.5 Å². The first-order valence-corrected chi connectivity index (χ1v) is 7.15. The fraction of sp³-hybridized carbons (Fsp3) is 0.455. The van der Waals surface area contributed by atoms with E-state index in [2.05, 4.69) is 5.32 Å². The van der Waals surface area contributed by atoms with Crippen molar-refractivity contribution in [2.45, 2.75) is 19.9 Å². The SMILES string of the molecule is Cc1ccc(F)c(NC(C)CS(C)(=O)=O)c1F. The summed E-state index contributed by atoms with van der Waals surface area (Å²) >= 11 is 0. The van der Waals surface area contributed by atoms with Gasteiger partial charge in [0, 0.05) is 12.3 Å². The molecule has 0 spiro atoms. The Labute approximate surface area is 99.8 Å². The van der Waals surface area contributed by atoms with Gasteiger partial charge in [0.15, 0.2) is 5.82 Å². The van der Waals surface area contributed by atoms with E-state index in [0.717, 1.165) is 12.3 Å². The number of aryl methyl sites for hydroxylation is 1. The van der Waals surface area contributed by atoms with Crippen molar-refractivity contribution in [3.63, 3.8) is 0 Å². The molecular weight excluding hydrogens is 248 g/mol. The zero-order valence-electron chi connectivity index (χ0n) is 9.92. The van der Waals surface area contributed by atoms with Crippen LogP contribution in [0.3, 0.4) is 0 Å². The van der Waals surface area contributed by atoms with Gasteiger partial charge < -0.3 is 5.32 Å². The molecular formula is C11H15F2NO2S. The molecule has 0 radical (unpaired) electrons. The highest BCUT2D eigenvalue weighted by Gasteiger charge is 2.16. The van der Waals surface area contributed by atoms with Gasteiger partial charge in [0.25, 0.3) is 0 Å². The van der Waals surface area contributed by atoms with Crippen LogP contribution in [0.1, 0.15) is 12.5 Å². The van der Waals surface area contributed by atoms with E-state index in [9.17, 15) is 17.2 Å². The Morgan fingerprint density at radius 3 is 2.47 bits per heavy atom. The molecule has 1 aromatic rings. The molecule has 1 unspecified atom stereocenters. The topological polar surface area (TPSA) is 46.2 Å². The van der Waals surface area contributed by atoms with Gasteiger partial charge in [-0.25, -0.2) is 17.2 Å². The zero-order chi connectivity index (χ0) is 13.2. The number of sulfone groups is 1. The number of halogens is 2. The van der Waals surface area contributed by atoms with Crippen LogP contribution in [0.25, 0.3) is 0 Å². The van der Waals surface area contributed by atoms with Gasteiger partial charge in [-0.05, 0) is 25.5 Å². The van der Waals surface area contributed by atoms with Crippen LogP contribution in [0, 0.1) is 18.6 Å². The van der Waals surface area contributed by atoms with Crippen molar-refractivity contribution >= 4 is 15.5 Å². The van der Waals surface area contributed by atoms with Crippen molar-refractivity contribution in [3.05, 3.63) is 29.3 Å². The number of hydrogen-bond acceptors (Lipinski definition) is 3. The van der Waals surface area contributed by atoms with E-state index in [1.165, 1.54) is 13.0 Å². The van der Waals surface area contributed by atoms with Crippen molar-refractivity contribution in [3.8, 4) is 0 Å². The molecule has 0 bridgehead atoms. The third-order valence-corrected chi connectivity index (χ3v) is 3.33. The van der Waals surface area contributed by atoms with E-state index >= 15 is 0 Å². The molecule has 0 aromatic heterocycles. The normalized spacial score (nSPS) is 13.5. The Morgan fingerprint density at radius 2 is 1.94 bits per heavy atom. The summed E-state index contributed by atoms with van der Waals surface area (Å²) in [6, 6.07) is 1.92. The molecule has 1 N–H and O–H groups in total. The first kappa shape index (κ1) is 13.9. The minimum atomic E-state index is -3.19. The number of anilines is 1. The lowest BCUT2D eigenvalue weighted by Gasteiger charge is -2.16. The second-order valence-corrected chi connectivity index (χ2v) is 6.38. The van der Waals surface area contributed by atoms with Gasteiger partial charge in [-0.1, -0.05) is 6.07 Å². The Kier molecular flexibility index (Phi) is 4.08. The zero-order valence-corrected chi connectivity index (χ0v) is 10.7. The molecule has 0 heterocycles. The van der Waals surface area contributed by atoms with Crippen LogP contribution in [-0.2, 0) is 9.84 Å². The molecule has 0 saturated carbocycles. The van der Waals surface area contributed by atoms with Gasteiger partial charge in [-0.3, -0.25) is 0 Å². The van der Waals surface area contributed by atoms with Gasteiger partial charge in [0.2, 0.25) is 0 Å². The molecule has 1 atom stereocenters. The second kappa shape index (κ2) is 5.00. The fourth-order valence-corrected chi connectivity index (χ4v) is 2.52. The Hall–Kier alpha value is -1.17. The fourth-order valence-electron chi connectivity index (χ4n) is 1.53. The van der Waals surface area contributed by atoms with Crippen LogP contribution in [0.15, 0.2) is 12.1 Å². The minimum absolute atomic E-state index is 0.181. The maximum Gasteiger partial charge on any atom is 0.152 e. The predicted molar refractivity (Wildman–Crippen MR) is 63.9 cm³/mol. The molecule has 1 rings (SSSR count). The van der Waals surface area contributed by atoms with E-state index in [1.807, 2.05) is 0 Å². The summed E-state index contributed by atoms with van der Waals surface area (Å²) in [6.07, 6.45) is 1.08. The number of benzene rings is 1. The van der Waals surface area contributed by atoms with E-state index in [0.29, 0.717) is 5.56 Å². The molecule has 1 aromatic carbocycles. The Morgan fingerprint density at radius 1 is 1.35 bits per heavy atom. The number of hydrogen-bond donors (Lipinski definition) is 1. The Bertz CT molecular complexity index is 514. The predicted octanol–water partition coefficient (Wildman–Crippen LogP) is 2.12. The van der Waals surface area contributed by atoms with Gasteiger partial charge in [-0.2, -0.15) is 0 Å². The largest absolute Gasteiger partial charge is 0.377 e. The number of nitrogens with one attached hydrogen (secondary N) is 1. The second-order valence-electron chi connectivity index (χ2n) is 4.19. The summed E-state index contributed by atoms with van der Waals surface area (Å²) < 4.78 is 49.1. The first-order valence-electron chi connectivity index (χ1n) is 5.09. The standard InChI is InChI=1S/C11H15F2NO2S/c1-7-4-5-9(12)11(10(7)13)14-8(2)6-17(3,15)16/h4-5,8,14H,6H2,1-3H3. The van der Waals surface area contributed by atoms with E-state index in [1.54, 1.807) is 6.92 Å². The molecule has 6 heteroatoms. The van der Waals surface area contributed by atoms with E-state index in [4.69, 9.17) is 0 Å². The quantitative estimate of drug-likeness (QED) is 0.905. The molecule has 17 heavy (non-hydrogen) atoms. The summed E-state index contributed by atoms with van der Waals surface area (Å²) in [5.74, 6) is -1.60. The first-order chi connectivity index (χ1) is 7.70. The van der Waals surface area contributed by atoms with Crippen molar-refractivity contribution in [1.82, 2.24) is 0 Å². The van der Waals surface area contributed by atoms with Crippen LogP contribution < -0.4 is 5.32 Å². The minimum Gasteiger partial charge on any atom is -0.377 e. The molecule has 0 aliphatic rings.